The van der Waals surface area contributed by atoms with E-state index in [0.717, 1.165) is 19.4 Å². The molecule has 0 aliphatic carbocycles. The molecule has 0 spiro atoms. The summed E-state index contributed by atoms with van der Waals surface area (Å²) in [5.74, 6) is 0. The van der Waals surface area contributed by atoms with E-state index in [4.69, 9.17) is 0 Å². The third kappa shape index (κ3) is 5.01. The lowest BCUT2D eigenvalue weighted by Crippen LogP contribution is -1.94. The number of hydrogen-bond donors (Lipinski definition) is 0. The van der Waals surface area contributed by atoms with Crippen LogP contribution in [0.15, 0.2) is 12.5 Å². The summed E-state index contributed by atoms with van der Waals surface area (Å²) >= 11 is 0. The smallest absolute Gasteiger partial charge is 0.0949 e. The second-order valence-electron chi connectivity index (χ2n) is 4.12. The van der Waals surface area contributed by atoms with E-state index in [2.05, 4.69) is 29.6 Å². The van der Waals surface area contributed by atoms with Gasteiger partial charge in [-0.2, -0.15) is 0 Å². The average molecular weight is 207 g/mol. The van der Waals surface area contributed by atoms with E-state index >= 15 is 0 Å². The number of nitrogens with zero attached hydrogens (tertiary/aromatic N) is 2. The normalized spacial score (nSPS) is 10.8. The van der Waals surface area contributed by atoms with Gasteiger partial charge in [-0.1, -0.05) is 39.5 Å². The molecule has 0 N–H and O–H groups in total. The van der Waals surface area contributed by atoms with Crippen LogP contribution in [-0.2, 0) is 13.0 Å². The molecule has 0 bridgehead atoms. The first-order valence-corrected chi connectivity index (χ1v) is 6.16. The maximum Gasteiger partial charge on any atom is 0.0949 e. The number of aromatic nitrogens is 2. The Labute approximate surface area is 93.7 Å². The Balaban J connectivity index is 2.14. The number of imidazole rings is 1. The first-order valence-electron chi connectivity index (χ1n) is 6.16. The summed E-state index contributed by atoms with van der Waals surface area (Å²) in [5, 5.41) is 0. The van der Waals surface area contributed by atoms with Crippen molar-refractivity contribution in [2.24, 2.45) is 0 Å². The lowest BCUT2D eigenvalue weighted by Gasteiger charge is -2.01. The monoisotopic (exact) mass is 207 g/mol. The van der Waals surface area contributed by atoms with Gasteiger partial charge in [-0.25, -0.2) is 4.98 Å². The van der Waals surface area contributed by atoms with Crippen molar-refractivity contribution in [1.82, 2.24) is 9.55 Å². The van der Waals surface area contributed by atoms with Crippen molar-refractivity contribution in [2.45, 2.75) is 58.4 Å². The summed E-state index contributed by atoms with van der Waals surface area (Å²) < 4.78 is 2.21. The van der Waals surface area contributed by atoms with Crippen molar-refractivity contribution in [3.05, 3.63) is 25.1 Å². The van der Waals surface area contributed by atoms with Gasteiger partial charge in [-0.15, -0.1) is 0 Å². The molecule has 0 atom stereocenters. The van der Waals surface area contributed by atoms with Crippen LogP contribution in [0.2, 0.25) is 0 Å². The van der Waals surface area contributed by atoms with E-state index in [9.17, 15) is 0 Å². The molecule has 1 aromatic heterocycles. The molecule has 0 aromatic carbocycles. The summed E-state index contributed by atoms with van der Waals surface area (Å²) in [6, 6.07) is 0. The lowest BCUT2D eigenvalue weighted by atomic mass is 10.1. The van der Waals surface area contributed by atoms with Crippen LogP contribution < -0.4 is 0 Å². The van der Waals surface area contributed by atoms with E-state index in [-0.39, 0.29) is 0 Å². The minimum Gasteiger partial charge on any atom is -0.337 e. The standard InChI is InChI=1S/C13H23N2/c1-3-5-6-7-8-10-15-11-13(9-4-2)14-12-15/h11-12H,2-10H2,1H3. The third-order valence-corrected chi connectivity index (χ3v) is 2.64. The Morgan fingerprint density at radius 2 is 2.07 bits per heavy atom. The maximum atomic E-state index is 4.34. The van der Waals surface area contributed by atoms with Crippen molar-refractivity contribution in [3.63, 3.8) is 0 Å². The fourth-order valence-electron chi connectivity index (χ4n) is 1.74. The molecule has 2 nitrogen and oxygen atoms in total. The van der Waals surface area contributed by atoms with Crippen LogP contribution in [0.25, 0.3) is 0 Å². The average Bonchev–Trinajstić information content (AvgIpc) is 2.66. The van der Waals surface area contributed by atoms with Gasteiger partial charge in [-0.05, 0) is 19.3 Å². The Kier molecular flexibility index (Phi) is 6.14. The zero-order valence-electron chi connectivity index (χ0n) is 9.91. The van der Waals surface area contributed by atoms with E-state index in [1.54, 1.807) is 0 Å². The van der Waals surface area contributed by atoms with Crippen LogP contribution in [0.3, 0.4) is 0 Å². The number of rotatable bonds is 8. The van der Waals surface area contributed by atoms with Gasteiger partial charge >= 0.3 is 0 Å². The van der Waals surface area contributed by atoms with Crippen LogP contribution in [0.1, 0.15) is 51.1 Å². The maximum absolute atomic E-state index is 4.34. The van der Waals surface area contributed by atoms with Crippen LogP contribution >= 0.6 is 0 Å². The molecule has 0 aliphatic rings. The van der Waals surface area contributed by atoms with Gasteiger partial charge in [0.2, 0.25) is 0 Å². The highest BCUT2D eigenvalue weighted by Gasteiger charge is 1.97. The van der Waals surface area contributed by atoms with Gasteiger partial charge in [0, 0.05) is 12.7 Å². The number of hydrogen-bond acceptors (Lipinski definition) is 1. The predicted octanol–water partition coefficient (Wildman–Crippen LogP) is 3.62. The summed E-state index contributed by atoms with van der Waals surface area (Å²) in [6.07, 6.45) is 12.7. The van der Waals surface area contributed by atoms with Crippen LogP contribution in [0.5, 0.6) is 0 Å². The highest BCUT2D eigenvalue weighted by molar-refractivity contribution is 4.96. The van der Waals surface area contributed by atoms with Gasteiger partial charge in [0.1, 0.15) is 0 Å². The second kappa shape index (κ2) is 7.49. The van der Waals surface area contributed by atoms with E-state index in [1.807, 2.05) is 6.33 Å². The summed E-state index contributed by atoms with van der Waals surface area (Å²) in [4.78, 5) is 4.34. The van der Waals surface area contributed by atoms with Gasteiger partial charge in [0.25, 0.3) is 0 Å². The van der Waals surface area contributed by atoms with Crippen LogP contribution in [0, 0.1) is 6.92 Å². The molecule has 85 valence electrons. The summed E-state index contributed by atoms with van der Waals surface area (Å²) in [5.41, 5.74) is 1.18. The van der Waals surface area contributed by atoms with E-state index < -0.39 is 0 Å². The quantitative estimate of drug-likeness (QED) is 0.595. The first-order chi connectivity index (χ1) is 7.36. The van der Waals surface area contributed by atoms with Gasteiger partial charge < -0.3 is 4.57 Å². The molecule has 0 amide bonds. The first kappa shape index (κ1) is 12.3. The molecule has 1 radical (unpaired) electrons. The van der Waals surface area contributed by atoms with Crippen LogP contribution in [-0.4, -0.2) is 9.55 Å². The van der Waals surface area contributed by atoms with Gasteiger partial charge in [0.15, 0.2) is 0 Å². The molecule has 0 saturated carbocycles. The number of unbranched alkanes of at least 4 members (excludes halogenated alkanes) is 4. The zero-order chi connectivity index (χ0) is 10.9. The molecular weight excluding hydrogens is 184 g/mol. The fraction of sp³-hybridized carbons (Fsp3) is 0.692. The molecule has 0 fully saturated rings. The molecule has 2 heteroatoms. The Morgan fingerprint density at radius 1 is 1.27 bits per heavy atom. The summed E-state index contributed by atoms with van der Waals surface area (Å²) in [6.45, 7) is 7.21. The fourth-order valence-corrected chi connectivity index (χ4v) is 1.74. The van der Waals surface area contributed by atoms with Gasteiger partial charge in [0.05, 0.1) is 12.0 Å². The zero-order valence-corrected chi connectivity index (χ0v) is 9.91. The van der Waals surface area contributed by atoms with E-state index in [0.29, 0.717) is 0 Å². The van der Waals surface area contributed by atoms with Crippen molar-refractivity contribution >= 4 is 0 Å². The molecule has 1 aromatic rings. The Morgan fingerprint density at radius 3 is 2.80 bits per heavy atom. The Hall–Kier alpha value is -0.790. The molecular formula is C13H23N2. The molecule has 1 rings (SSSR count). The highest BCUT2D eigenvalue weighted by Crippen LogP contribution is 2.05. The second-order valence-corrected chi connectivity index (χ2v) is 4.12. The lowest BCUT2D eigenvalue weighted by molar-refractivity contribution is 0.568. The molecule has 1 heterocycles. The van der Waals surface area contributed by atoms with Crippen LogP contribution in [0.4, 0.5) is 0 Å². The predicted molar refractivity (Wildman–Crippen MR) is 64.7 cm³/mol. The third-order valence-electron chi connectivity index (χ3n) is 2.64. The molecule has 0 saturated heterocycles. The molecule has 0 unspecified atom stereocenters. The minimum absolute atomic E-state index is 0.938. The largest absolute Gasteiger partial charge is 0.337 e. The van der Waals surface area contributed by atoms with Gasteiger partial charge in [-0.3, -0.25) is 0 Å². The topological polar surface area (TPSA) is 17.8 Å². The number of aryl methyl sites for hydroxylation is 2. The van der Waals surface area contributed by atoms with Crippen molar-refractivity contribution in [2.75, 3.05) is 0 Å². The van der Waals surface area contributed by atoms with Crippen molar-refractivity contribution in [1.29, 1.82) is 0 Å². The molecule has 15 heavy (non-hydrogen) atoms. The SMILES string of the molecule is [CH2]CCc1cn(CCCCCCC)cn1. The van der Waals surface area contributed by atoms with Crippen molar-refractivity contribution < 1.29 is 0 Å². The highest BCUT2D eigenvalue weighted by atomic mass is 15.0. The summed E-state index contributed by atoms with van der Waals surface area (Å²) in [7, 11) is 0. The van der Waals surface area contributed by atoms with Crippen molar-refractivity contribution in [3.8, 4) is 0 Å². The molecule has 0 aliphatic heterocycles. The van der Waals surface area contributed by atoms with E-state index in [1.165, 1.54) is 37.8 Å². The minimum atomic E-state index is 0.938. The Bertz CT molecular complexity index is 253.